The molecule has 1 N–H and O–H groups in total. The largest absolute Gasteiger partial charge is 0.462 e. The number of ether oxygens (including phenoxy) is 1. The van der Waals surface area contributed by atoms with Gasteiger partial charge in [0.1, 0.15) is 6.10 Å². The molecule has 1 aliphatic heterocycles. The monoisotopic (exact) mass is 617 g/mol. The fourth-order valence-corrected chi connectivity index (χ4v) is 11.2. The number of hydrogen-bond acceptors (Lipinski definition) is 7. The quantitative estimate of drug-likeness (QED) is 0.232. The number of nitrogens with one attached hydrogen (secondary N) is 1. The van der Waals surface area contributed by atoms with Crippen LogP contribution in [0.2, 0.25) is 0 Å². The van der Waals surface area contributed by atoms with Crippen LogP contribution in [-0.4, -0.2) is 36.1 Å². The lowest BCUT2D eigenvalue weighted by molar-refractivity contribution is -0.665. The molecule has 0 unspecified atom stereocenters. The molecule has 2 spiro atoms. The predicted molar refractivity (Wildman–Crippen MR) is 165 cm³/mol. The summed E-state index contributed by atoms with van der Waals surface area (Å²) in [5.41, 5.74) is 0.0609. The highest BCUT2D eigenvalue weighted by Crippen LogP contribution is 2.70. The van der Waals surface area contributed by atoms with Gasteiger partial charge in [-0.2, -0.15) is 19.6 Å². The average molecular weight is 618 g/mol. The van der Waals surface area contributed by atoms with Crippen molar-refractivity contribution in [2.75, 3.05) is 6.54 Å². The standard InChI is InChI=1S/C36H59NO7/c1-7-20-37-32(39)13-8-24(3)28-11-12-29-27-10-9-26-22-36(43-41-35(42-44-36)16-14-23(2)15-17-35)19-18-33(26,5)30(27)21-31(34(28,29)6)40-25(4)38/h23-24,26-31H,7-22H2,1-6H3,(H,37,39)/t23?,24-,26-,27+,28-,29+,30+,31+,33+,34-,35?,36?/m1/s1. The first kappa shape index (κ1) is 32.7. The van der Waals surface area contributed by atoms with Crippen molar-refractivity contribution in [1.82, 2.24) is 5.32 Å². The van der Waals surface area contributed by atoms with E-state index in [9.17, 15) is 9.59 Å². The van der Waals surface area contributed by atoms with E-state index in [1.807, 2.05) is 0 Å². The highest BCUT2D eigenvalue weighted by Gasteiger charge is 2.67. The zero-order chi connectivity index (χ0) is 31.3. The Morgan fingerprint density at radius 1 is 0.909 bits per heavy atom. The van der Waals surface area contributed by atoms with E-state index < -0.39 is 11.6 Å². The lowest BCUT2D eigenvalue weighted by Gasteiger charge is -2.63. The Morgan fingerprint density at radius 2 is 1.61 bits per heavy atom. The molecule has 0 aromatic rings. The van der Waals surface area contributed by atoms with Gasteiger partial charge in [-0.25, -0.2) is 0 Å². The Kier molecular flexibility index (Phi) is 9.24. The molecule has 0 bridgehead atoms. The van der Waals surface area contributed by atoms with Crippen LogP contribution in [0.1, 0.15) is 138 Å². The van der Waals surface area contributed by atoms with E-state index in [0.717, 1.165) is 83.6 Å². The Balaban J connectivity index is 1.16. The van der Waals surface area contributed by atoms with Gasteiger partial charge in [0.2, 0.25) is 17.5 Å². The smallest absolute Gasteiger partial charge is 0.302 e. The molecule has 6 aliphatic rings. The van der Waals surface area contributed by atoms with E-state index in [0.29, 0.717) is 47.8 Å². The Morgan fingerprint density at radius 3 is 2.30 bits per heavy atom. The van der Waals surface area contributed by atoms with E-state index in [-0.39, 0.29) is 28.8 Å². The molecule has 5 saturated carbocycles. The maximum absolute atomic E-state index is 12.6. The van der Waals surface area contributed by atoms with Crippen molar-refractivity contribution in [2.45, 2.75) is 156 Å². The number of carbonyl (C=O) groups excluding carboxylic acids is 2. The molecule has 0 radical (unpaired) electrons. The molecular weight excluding hydrogens is 558 g/mol. The molecule has 44 heavy (non-hydrogen) atoms. The molecule has 1 saturated heterocycles. The second-order valence-electron chi connectivity index (χ2n) is 16.4. The van der Waals surface area contributed by atoms with E-state index >= 15 is 0 Å². The summed E-state index contributed by atoms with van der Waals surface area (Å²) in [5.74, 6) is 2.02. The van der Waals surface area contributed by atoms with Crippen LogP contribution < -0.4 is 5.32 Å². The number of rotatable bonds is 7. The third kappa shape index (κ3) is 5.77. The molecule has 8 heteroatoms. The molecule has 9 atom stereocenters. The van der Waals surface area contributed by atoms with Gasteiger partial charge >= 0.3 is 5.97 Å². The van der Waals surface area contributed by atoms with Crippen LogP contribution in [0.4, 0.5) is 0 Å². The molecule has 1 heterocycles. The first-order valence-electron chi connectivity index (χ1n) is 18.1. The van der Waals surface area contributed by atoms with Crippen LogP contribution in [0.15, 0.2) is 0 Å². The highest BCUT2D eigenvalue weighted by atomic mass is 17.4. The first-order chi connectivity index (χ1) is 20.9. The molecule has 250 valence electrons. The molecule has 6 rings (SSSR count). The molecule has 8 nitrogen and oxygen atoms in total. The molecule has 0 aromatic heterocycles. The predicted octanol–water partition coefficient (Wildman–Crippen LogP) is 7.64. The maximum Gasteiger partial charge on any atom is 0.302 e. The van der Waals surface area contributed by atoms with Gasteiger partial charge in [-0.05, 0) is 111 Å². The van der Waals surface area contributed by atoms with Gasteiger partial charge in [0.15, 0.2) is 0 Å². The summed E-state index contributed by atoms with van der Waals surface area (Å²) in [5, 5.41) is 3.04. The van der Waals surface area contributed by atoms with Gasteiger partial charge in [0, 0.05) is 51.0 Å². The van der Waals surface area contributed by atoms with Crippen LogP contribution in [0.3, 0.4) is 0 Å². The number of esters is 1. The second-order valence-corrected chi connectivity index (χ2v) is 16.4. The van der Waals surface area contributed by atoms with Crippen molar-refractivity contribution in [3.63, 3.8) is 0 Å². The number of carbonyl (C=O) groups is 2. The van der Waals surface area contributed by atoms with Crippen molar-refractivity contribution in [3.8, 4) is 0 Å². The zero-order valence-corrected chi connectivity index (χ0v) is 28.3. The average Bonchev–Trinajstić information content (AvgIpc) is 3.37. The third-order valence-corrected chi connectivity index (χ3v) is 13.9. The van der Waals surface area contributed by atoms with Gasteiger partial charge in [-0.1, -0.05) is 34.6 Å². The number of hydrogen-bond donors (Lipinski definition) is 1. The van der Waals surface area contributed by atoms with Crippen molar-refractivity contribution in [1.29, 1.82) is 0 Å². The van der Waals surface area contributed by atoms with Crippen LogP contribution in [0.25, 0.3) is 0 Å². The highest BCUT2D eigenvalue weighted by molar-refractivity contribution is 5.75. The molecule has 5 aliphatic carbocycles. The minimum atomic E-state index is -0.832. The summed E-state index contributed by atoms with van der Waals surface area (Å²) in [6.07, 6.45) is 14.2. The fraction of sp³-hybridized carbons (Fsp3) is 0.944. The van der Waals surface area contributed by atoms with E-state index in [1.165, 1.54) is 12.8 Å². The summed E-state index contributed by atoms with van der Waals surface area (Å²) < 4.78 is 6.31. The summed E-state index contributed by atoms with van der Waals surface area (Å²) >= 11 is 0. The minimum absolute atomic E-state index is 0.0612. The zero-order valence-electron chi connectivity index (χ0n) is 28.3. The number of amides is 1. The summed E-state index contributed by atoms with van der Waals surface area (Å²) in [4.78, 5) is 49.5. The van der Waals surface area contributed by atoms with Gasteiger partial charge < -0.3 is 10.1 Å². The third-order valence-electron chi connectivity index (χ3n) is 13.9. The Bertz CT molecular complexity index is 1050. The van der Waals surface area contributed by atoms with Crippen LogP contribution in [0, 0.1) is 52.3 Å². The van der Waals surface area contributed by atoms with E-state index in [4.69, 9.17) is 24.3 Å². The van der Waals surface area contributed by atoms with Crippen molar-refractivity contribution >= 4 is 11.9 Å². The topological polar surface area (TPSA) is 92.3 Å². The first-order valence-corrected chi connectivity index (χ1v) is 18.1. The summed E-state index contributed by atoms with van der Waals surface area (Å²) in [6.45, 7) is 13.9. The van der Waals surface area contributed by atoms with Gasteiger partial charge in [-0.15, -0.1) is 0 Å². The SMILES string of the molecule is CCCNC(=O)CC[C@@H](C)[C@H]1CC[C@H]2[C@@H]3CC[C@@H]4CC5(CC[C@]4(C)[C@H]3C[C@H](OC(C)=O)[C@]12C)OOC1(CCC(C)CC1)OO5. The fourth-order valence-electron chi connectivity index (χ4n) is 11.2. The number of fused-ring (bicyclic) bond motifs is 5. The minimum Gasteiger partial charge on any atom is -0.462 e. The van der Waals surface area contributed by atoms with E-state index in [2.05, 4.69) is 39.9 Å². The summed E-state index contributed by atoms with van der Waals surface area (Å²) in [7, 11) is 0. The van der Waals surface area contributed by atoms with Gasteiger partial charge in [0.25, 0.3) is 0 Å². The van der Waals surface area contributed by atoms with Gasteiger partial charge in [0.05, 0.1) is 0 Å². The normalized spacial score (nSPS) is 47.4. The molecular formula is C36H59NO7. The van der Waals surface area contributed by atoms with E-state index in [1.54, 1.807) is 6.92 Å². The van der Waals surface area contributed by atoms with Gasteiger partial charge in [-0.3, -0.25) is 9.59 Å². The summed E-state index contributed by atoms with van der Waals surface area (Å²) in [6, 6.07) is 0. The molecule has 1 amide bonds. The van der Waals surface area contributed by atoms with Crippen molar-refractivity contribution in [2.24, 2.45) is 52.3 Å². The Hall–Kier alpha value is -1.22. The molecule has 0 aromatic carbocycles. The lowest BCUT2D eigenvalue weighted by atomic mass is 9.43. The maximum atomic E-state index is 12.6. The van der Waals surface area contributed by atoms with Crippen LogP contribution in [-0.2, 0) is 33.9 Å². The molecule has 6 fully saturated rings. The Labute approximate surface area is 265 Å². The lowest BCUT2D eigenvalue weighted by Crippen LogP contribution is -2.62. The second kappa shape index (κ2) is 12.4. The van der Waals surface area contributed by atoms with Crippen LogP contribution in [0.5, 0.6) is 0 Å². The van der Waals surface area contributed by atoms with Crippen molar-refractivity contribution < 1.29 is 33.9 Å². The van der Waals surface area contributed by atoms with Crippen LogP contribution >= 0.6 is 0 Å². The van der Waals surface area contributed by atoms with Crippen molar-refractivity contribution in [3.05, 3.63) is 0 Å².